The van der Waals surface area contributed by atoms with E-state index in [0.717, 1.165) is 16.7 Å². The molecule has 6 heteroatoms. The van der Waals surface area contributed by atoms with E-state index in [1.54, 1.807) is 12.1 Å². The van der Waals surface area contributed by atoms with E-state index in [1.807, 2.05) is 12.1 Å². The van der Waals surface area contributed by atoms with Gasteiger partial charge < -0.3 is 0 Å². The molecular formula is C14H16N2O4. The second kappa shape index (κ2) is 7.18. The molecule has 1 aromatic carbocycles. The van der Waals surface area contributed by atoms with Crippen molar-refractivity contribution in [1.29, 1.82) is 0 Å². The van der Waals surface area contributed by atoms with Crippen molar-refractivity contribution < 1.29 is 14.5 Å². The zero-order valence-corrected chi connectivity index (χ0v) is 11.4. The van der Waals surface area contributed by atoms with Crippen molar-refractivity contribution in [2.45, 2.75) is 20.3 Å². The maximum atomic E-state index is 11.3. The van der Waals surface area contributed by atoms with Gasteiger partial charge in [-0.05, 0) is 17.5 Å². The Hall–Kier alpha value is -2.50. The molecular weight excluding hydrogens is 260 g/mol. The van der Waals surface area contributed by atoms with Crippen molar-refractivity contribution in [3.8, 4) is 0 Å². The SMILES string of the molecule is CC(=O)N(CCc1ccccc1C=C[N+](=O)[O-])C(C)=O. The summed E-state index contributed by atoms with van der Waals surface area (Å²) in [5, 5.41) is 10.3. The minimum Gasteiger partial charge on any atom is -0.283 e. The first kappa shape index (κ1) is 15.6. The van der Waals surface area contributed by atoms with Gasteiger partial charge in [0.05, 0.1) is 4.92 Å². The molecule has 0 heterocycles. The first-order valence-electron chi connectivity index (χ1n) is 6.10. The van der Waals surface area contributed by atoms with Gasteiger partial charge in [0, 0.05) is 26.5 Å². The number of nitrogens with zero attached hydrogens (tertiary/aromatic N) is 2. The molecule has 106 valence electrons. The summed E-state index contributed by atoms with van der Waals surface area (Å²) in [6.07, 6.45) is 2.73. The summed E-state index contributed by atoms with van der Waals surface area (Å²) in [5.74, 6) is -0.619. The molecule has 1 aromatic rings. The predicted molar refractivity (Wildman–Crippen MR) is 74.2 cm³/mol. The maximum absolute atomic E-state index is 11.3. The summed E-state index contributed by atoms with van der Waals surface area (Å²) in [6.45, 7) is 2.92. The van der Waals surface area contributed by atoms with Crippen LogP contribution in [0.5, 0.6) is 0 Å². The molecule has 0 bridgehead atoms. The van der Waals surface area contributed by atoms with Gasteiger partial charge in [0.15, 0.2) is 0 Å². The van der Waals surface area contributed by atoms with E-state index in [0.29, 0.717) is 12.0 Å². The van der Waals surface area contributed by atoms with Crippen LogP contribution in [0.2, 0.25) is 0 Å². The zero-order valence-electron chi connectivity index (χ0n) is 11.4. The lowest BCUT2D eigenvalue weighted by Gasteiger charge is -2.17. The molecule has 0 spiro atoms. The fraction of sp³-hybridized carbons (Fsp3) is 0.286. The van der Waals surface area contributed by atoms with Crippen LogP contribution in [0.3, 0.4) is 0 Å². The molecule has 0 radical (unpaired) electrons. The molecule has 0 atom stereocenters. The highest BCUT2D eigenvalue weighted by atomic mass is 16.6. The van der Waals surface area contributed by atoms with Gasteiger partial charge in [-0.1, -0.05) is 24.3 Å². The van der Waals surface area contributed by atoms with Gasteiger partial charge in [-0.3, -0.25) is 24.6 Å². The van der Waals surface area contributed by atoms with Crippen LogP contribution in [0.15, 0.2) is 30.5 Å². The number of benzene rings is 1. The smallest absolute Gasteiger partial charge is 0.235 e. The number of carbonyl (C=O) groups is 2. The normalized spacial score (nSPS) is 10.5. The van der Waals surface area contributed by atoms with E-state index >= 15 is 0 Å². The number of hydrogen-bond donors (Lipinski definition) is 0. The Balaban J connectivity index is 2.85. The van der Waals surface area contributed by atoms with Crippen molar-refractivity contribution in [3.63, 3.8) is 0 Å². The van der Waals surface area contributed by atoms with E-state index in [1.165, 1.54) is 19.9 Å². The van der Waals surface area contributed by atoms with Gasteiger partial charge in [-0.25, -0.2) is 0 Å². The topological polar surface area (TPSA) is 80.5 Å². The summed E-state index contributed by atoms with van der Waals surface area (Å²) in [5.41, 5.74) is 1.55. The van der Waals surface area contributed by atoms with E-state index in [9.17, 15) is 19.7 Å². The molecule has 0 N–H and O–H groups in total. The molecule has 2 amide bonds. The van der Waals surface area contributed by atoms with E-state index < -0.39 is 4.92 Å². The Bertz CT molecular complexity index is 538. The number of amides is 2. The summed E-state index contributed by atoms with van der Waals surface area (Å²) in [4.78, 5) is 33.6. The summed E-state index contributed by atoms with van der Waals surface area (Å²) in [7, 11) is 0. The Kier molecular flexibility index (Phi) is 5.58. The monoisotopic (exact) mass is 276 g/mol. The van der Waals surface area contributed by atoms with Crippen LogP contribution in [-0.2, 0) is 16.0 Å². The van der Waals surface area contributed by atoms with Gasteiger partial charge in [0.1, 0.15) is 0 Å². The quantitative estimate of drug-likeness (QED) is 0.607. The molecule has 0 unspecified atom stereocenters. The van der Waals surface area contributed by atoms with Crippen LogP contribution < -0.4 is 0 Å². The van der Waals surface area contributed by atoms with Gasteiger partial charge >= 0.3 is 0 Å². The number of imide groups is 1. The molecule has 0 aliphatic rings. The Morgan fingerprint density at radius 2 is 1.85 bits per heavy atom. The van der Waals surface area contributed by atoms with Gasteiger partial charge in [0.2, 0.25) is 18.0 Å². The molecule has 0 saturated carbocycles. The highest BCUT2D eigenvalue weighted by Gasteiger charge is 2.13. The molecule has 0 aliphatic heterocycles. The predicted octanol–water partition coefficient (Wildman–Crippen LogP) is 1.87. The Morgan fingerprint density at radius 3 is 2.40 bits per heavy atom. The van der Waals surface area contributed by atoms with Crippen molar-refractivity contribution in [3.05, 3.63) is 51.7 Å². The van der Waals surface area contributed by atoms with Gasteiger partial charge in [-0.2, -0.15) is 0 Å². The fourth-order valence-electron chi connectivity index (χ4n) is 1.83. The summed E-state index contributed by atoms with van der Waals surface area (Å²) in [6, 6.07) is 7.15. The van der Waals surface area contributed by atoms with Crippen LogP contribution in [0.1, 0.15) is 25.0 Å². The van der Waals surface area contributed by atoms with Crippen molar-refractivity contribution in [2.75, 3.05) is 6.54 Å². The third kappa shape index (κ3) is 4.64. The Morgan fingerprint density at radius 1 is 1.25 bits per heavy atom. The van der Waals surface area contributed by atoms with Crippen LogP contribution in [-0.4, -0.2) is 28.2 Å². The molecule has 0 aromatic heterocycles. The van der Waals surface area contributed by atoms with E-state index in [4.69, 9.17) is 0 Å². The largest absolute Gasteiger partial charge is 0.283 e. The lowest BCUT2D eigenvalue weighted by molar-refractivity contribution is -0.400. The summed E-state index contributed by atoms with van der Waals surface area (Å²) < 4.78 is 0. The first-order chi connectivity index (χ1) is 9.41. The molecule has 6 nitrogen and oxygen atoms in total. The van der Waals surface area contributed by atoms with Crippen molar-refractivity contribution >= 4 is 17.9 Å². The molecule has 20 heavy (non-hydrogen) atoms. The summed E-state index contributed by atoms with van der Waals surface area (Å²) >= 11 is 0. The fourth-order valence-corrected chi connectivity index (χ4v) is 1.83. The second-order valence-corrected chi connectivity index (χ2v) is 4.24. The average molecular weight is 276 g/mol. The highest BCUT2D eigenvalue weighted by molar-refractivity contribution is 5.92. The Labute approximate surface area is 116 Å². The van der Waals surface area contributed by atoms with Crippen LogP contribution in [0.25, 0.3) is 6.08 Å². The number of hydrogen-bond acceptors (Lipinski definition) is 4. The van der Waals surface area contributed by atoms with Crippen LogP contribution in [0.4, 0.5) is 0 Å². The standard InChI is InChI=1S/C14H16N2O4/c1-11(17)15(12(2)18)9-7-13-5-3-4-6-14(13)8-10-16(19)20/h3-6,8,10H,7,9H2,1-2H3. The van der Waals surface area contributed by atoms with Crippen LogP contribution >= 0.6 is 0 Å². The minimum absolute atomic E-state index is 0.258. The van der Waals surface area contributed by atoms with Crippen LogP contribution in [0, 0.1) is 10.1 Å². The second-order valence-electron chi connectivity index (χ2n) is 4.24. The number of carbonyl (C=O) groups excluding carboxylic acids is 2. The van der Waals surface area contributed by atoms with E-state index in [-0.39, 0.29) is 18.4 Å². The lowest BCUT2D eigenvalue weighted by atomic mass is 10.0. The molecule has 1 rings (SSSR count). The highest BCUT2D eigenvalue weighted by Crippen LogP contribution is 2.12. The third-order valence-corrected chi connectivity index (χ3v) is 2.80. The molecule has 0 saturated heterocycles. The number of nitro groups is 1. The average Bonchev–Trinajstić information content (AvgIpc) is 2.36. The zero-order chi connectivity index (χ0) is 15.1. The van der Waals surface area contributed by atoms with E-state index in [2.05, 4.69) is 0 Å². The minimum atomic E-state index is -0.534. The van der Waals surface area contributed by atoms with Gasteiger partial charge in [-0.15, -0.1) is 0 Å². The number of rotatable bonds is 5. The molecule has 0 fully saturated rings. The first-order valence-corrected chi connectivity index (χ1v) is 6.10. The third-order valence-electron chi connectivity index (χ3n) is 2.80. The maximum Gasteiger partial charge on any atom is 0.235 e. The van der Waals surface area contributed by atoms with Crippen molar-refractivity contribution in [2.24, 2.45) is 0 Å². The lowest BCUT2D eigenvalue weighted by Crippen LogP contribution is -2.35. The molecule has 0 aliphatic carbocycles. The van der Waals surface area contributed by atoms with Crippen molar-refractivity contribution in [1.82, 2.24) is 4.90 Å². The van der Waals surface area contributed by atoms with Gasteiger partial charge in [0.25, 0.3) is 0 Å².